The molecule has 0 aromatic heterocycles. The van der Waals surface area contributed by atoms with E-state index in [1.807, 2.05) is 12.1 Å². The molecule has 0 radical (unpaired) electrons. The Hall–Kier alpha value is -2.07. The molecule has 1 saturated heterocycles. The summed E-state index contributed by atoms with van der Waals surface area (Å²) in [6.07, 6.45) is 1.07. The number of rotatable bonds is 3. The van der Waals surface area contributed by atoms with Crippen LogP contribution in [0.5, 0.6) is 11.5 Å². The van der Waals surface area contributed by atoms with Crippen molar-refractivity contribution in [2.45, 2.75) is 18.9 Å². The molecule has 2 aromatic carbocycles. The lowest BCUT2D eigenvalue weighted by molar-refractivity contribution is 0.256. The number of hydrogen-bond acceptors (Lipinski definition) is 3. The summed E-state index contributed by atoms with van der Waals surface area (Å²) in [4.78, 5) is 0. The van der Waals surface area contributed by atoms with Crippen molar-refractivity contribution in [3.63, 3.8) is 0 Å². The van der Waals surface area contributed by atoms with Gasteiger partial charge in [-0.1, -0.05) is 24.3 Å². The summed E-state index contributed by atoms with van der Waals surface area (Å²) in [5.41, 5.74) is 2.19. The molecule has 1 fully saturated rings. The first-order chi connectivity index (χ1) is 11.3. The topological polar surface area (TPSA) is 30.5 Å². The highest BCUT2D eigenvalue weighted by Gasteiger charge is 2.33. The van der Waals surface area contributed by atoms with Crippen LogP contribution in [0.3, 0.4) is 0 Å². The fourth-order valence-electron chi connectivity index (χ4n) is 3.55. The number of para-hydroxylation sites is 1. The third-order valence-electron chi connectivity index (χ3n) is 4.79. The molecule has 4 rings (SSSR count). The lowest BCUT2D eigenvalue weighted by atomic mass is 9.87. The third kappa shape index (κ3) is 2.91. The monoisotopic (exact) mass is 313 g/mol. The largest absolute Gasteiger partial charge is 0.489 e. The van der Waals surface area contributed by atoms with Gasteiger partial charge in [0.05, 0.1) is 6.61 Å². The van der Waals surface area contributed by atoms with Crippen LogP contribution < -0.4 is 14.8 Å². The predicted octanol–water partition coefficient (Wildman–Crippen LogP) is 3.49. The summed E-state index contributed by atoms with van der Waals surface area (Å²) in [6, 6.07) is 12.5. The number of hydrogen-bond donors (Lipinski definition) is 1. The van der Waals surface area contributed by atoms with Gasteiger partial charge in [-0.05, 0) is 42.6 Å². The maximum absolute atomic E-state index is 13.0. The van der Waals surface area contributed by atoms with E-state index < -0.39 is 0 Å². The van der Waals surface area contributed by atoms with Gasteiger partial charge in [-0.3, -0.25) is 0 Å². The summed E-state index contributed by atoms with van der Waals surface area (Å²) in [7, 11) is 0. The van der Waals surface area contributed by atoms with Crippen LogP contribution in [0.25, 0.3) is 0 Å². The Kier molecular flexibility index (Phi) is 3.92. The minimum atomic E-state index is -0.231. The van der Waals surface area contributed by atoms with Gasteiger partial charge in [0.15, 0.2) is 11.5 Å². The van der Waals surface area contributed by atoms with Crippen LogP contribution in [0, 0.1) is 11.7 Å². The van der Waals surface area contributed by atoms with E-state index in [1.165, 1.54) is 17.7 Å². The number of nitrogens with one attached hydrogen (secondary N) is 1. The van der Waals surface area contributed by atoms with Crippen molar-refractivity contribution in [1.82, 2.24) is 5.32 Å². The molecule has 120 valence electrons. The van der Waals surface area contributed by atoms with Crippen LogP contribution in [0.1, 0.15) is 23.5 Å². The molecule has 2 aromatic rings. The molecule has 3 nitrogen and oxygen atoms in total. The van der Waals surface area contributed by atoms with E-state index in [0.29, 0.717) is 18.4 Å². The zero-order valence-electron chi connectivity index (χ0n) is 12.9. The molecule has 0 bridgehead atoms. The Morgan fingerprint density at radius 1 is 1.13 bits per heavy atom. The normalized spacial score (nSPS) is 22.7. The highest BCUT2D eigenvalue weighted by molar-refractivity contribution is 5.49. The van der Waals surface area contributed by atoms with Crippen molar-refractivity contribution in [2.75, 3.05) is 19.7 Å². The first-order valence-corrected chi connectivity index (χ1v) is 8.15. The standard InChI is InChI=1S/C19H20FNO2/c20-15-6-4-13(5-7-15)12-23-18-3-1-2-16-17-11-21-10-14(17)8-9-22-19(16)18/h1-7,14,17,21H,8-12H2. The summed E-state index contributed by atoms with van der Waals surface area (Å²) in [6.45, 7) is 3.20. The maximum atomic E-state index is 13.0. The van der Waals surface area contributed by atoms with Crippen LogP contribution in [0.2, 0.25) is 0 Å². The van der Waals surface area contributed by atoms with Gasteiger partial charge in [-0.15, -0.1) is 0 Å². The quantitative estimate of drug-likeness (QED) is 0.941. The molecule has 1 N–H and O–H groups in total. The molecular formula is C19H20FNO2. The van der Waals surface area contributed by atoms with Gasteiger partial charge in [-0.2, -0.15) is 0 Å². The van der Waals surface area contributed by atoms with E-state index in [2.05, 4.69) is 11.4 Å². The van der Waals surface area contributed by atoms with Crippen LogP contribution in [0.15, 0.2) is 42.5 Å². The van der Waals surface area contributed by atoms with Gasteiger partial charge in [0.25, 0.3) is 0 Å². The molecule has 2 atom stereocenters. The molecule has 0 aliphatic carbocycles. The summed E-state index contributed by atoms with van der Waals surface area (Å²) in [5, 5.41) is 3.48. The average molecular weight is 313 g/mol. The second kappa shape index (κ2) is 6.20. The zero-order chi connectivity index (χ0) is 15.6. The fraction of sp³-hybridized carbons (Fsp3) is 0.368. The first kappa shape index (κ1) is 14.5. The highest BCUT2D eigenvalue weighted by atomic mass is 19.1. The van der Waals surface area contributed by atoms with Crippen molar-refractivity contribution in [3.05, 3.63) is 59.4 Å². The van der Waals surface area contributed by atoms with E-state index in [1.54, 1.807) is 12.1 Å². The van der Waals surface area contributed by atoms with E-state index in [9.17, 15) is 4.39 Å². The molecule has 0 spiro atoms. The first-order valence-electron chi connectivity index (χ1n) is 8.15. The molecule has 2 aliphatic rings. The predicted molar refractivity (Wildman–Crippen MR) is 86.4 cm³/mol. The molecule has 0 saturated carbocycles. The van der Waals surface area contributed by atoms with Crippen molar-refractivity contribution >= 4 is 0 Å². The van der Waals surface area contributed by atoms with Crippen LogP contribution in [-0.4, -0.2) is 19.7 Å². The molecule has 23 heavy (non-hydrogen) atoms. The van der Waals surface area contributed by atoms with Crippen LogP contribution in [-0.2, 0) is 6.61 Å². The summed E-state index contributed by atoms with van der Waals surface area (Å²) >= 11 is 0. The van der Waals surface area contributed by atoms with Crippen molar-refractivity contribution in [2.24, 2.45) is 5.92 Å². The summed E-state index contributed by atoms with van der Waals surface area (Å²) < 4.78 is 25.0. The van der Waals surface area contributed by atoms with Crippen LogP contribution in [0.4, 0.5) is 4.39 Å². The number of ether oxygens (including phenoxy) is 2. The Morgan fingerprint density at radius 3 is 2.87 bits per heavy atom. The van der Waals surface area contributed by atoms with Gasteiger partial charge >= 0.3 is 0 Å². The minimum Gasteiger partial charge on any atom is -0.489 e. The molecule has 2 aliphatic heterocycles. The van der Waals surface area contributed by atoms with Gasteiger partial charge in [0.2, 0.25) is 0 Å². The second-order valence-corrected chi connectivity index (χ2v) is 6.25. The zero-order valence-corrected chi connectivity index (χ0v) is 12.9. The van der Waals surface area contributed by atoms with Crippen LogP contribution >= 0.6 is 0 Å². The van der Waals surface area contributed by atoms with Gasteiger partial charge in [0.1, 0.15) is 12.4 Å². The number of benzene rings is 2. The van der Waals surface area contributed by atoms with Crippen molar-refractivity contribution < 1.29 is 13.9 Å². The van der Waals surface area contributed by atoms with E-state index in [-0.39, 0.29) is 5.82 Å². The molecule has 0 amide bonds. The lowest BCUT2D eigenvalue weighted by Crippen LogP contribution is -2.11. The second-order valence-electron chi connectivity index (χ2n) is 6.25. The Bertz CT molecular complexity index is 686. The molecule has 2 heterocycles. The molecule has 4 heteroatoms. The number of fused-ring (bicyclic) bond motifs is 3. The van der Waals surface area contributed by atoms with Gasteiger partial charge < -0.3 is 14.8 Å². The van der Waals surface area contributed by atoms with E-state index in [4.69, 9.17) is 9.47 Å². The minimum absolute atomic E-state index is 0.231. The Balaban J connectivity index is 1.57. The van der Waals surface area contributed by atoms with E-state index >= 15 is 0 Å². The SMILES string of the molecule is Fc1ccc(COc2cccc3c2OCCC2CNCC32)cc1. The Labute approximate surface area is 135 Å². The maximum Gasteiger partial charge on any atom is 0.164 e. The number of halogens is 1. The van der Waals surface area contributed by atoms with Gasteiger partial charge in [0, 0.05) is 18.0 Å². The van der Waals surface area contributed by atoms with E-state index in [0.717, 1.165) is 43.2 Å². The lowest BCUT2D eigenvalue weighted by Gasteiger charge is -2.18. The molecular weight excluding hydrogens is 293 g/mol. The Morgan fingerprint density at radius 2 is 2.00 bits per heavy atom. The molecule has 2 unspecified atom stereocenters. The van der Waals surface area contributed by atoms with Crippen molar-refractivity contribution in [3.8, 4) is 11.5 Å². The average Bonchev–Trinajstić information content (AvgIpc) is 2.96. The van der Waals surface area contributed by atoms with Crippen molar-refractivity contribution in [1.29, 1.82) is 0 Å². The fourth-order valence-corrected chi connectivity index (χ4v) is 3.55. The smallest absolute Gasteiger partial charge is 0.164 e. The van der Waals surface area contributed by atoms with Gasteiger partial charge in [-0.25, -0.2) is 4.39 Å². The summed E-state index contributed by atoms with van der Waals surface area (Å²) in [5.74, 6) is 2.57. The third-order valence-corrected chi connectivity index (χ3v) is 4.79. The highest BCUT2D eigenvalue weighted by Crippen LogP contribution is 2.43.